The molecule has 0 aliphatic carbocycles. The number of unbranched alkanes of at least 4 members (excludes halogenated alkanes) is 1. The van der Waals surface area contributed by atoms with E-state index in [4.69, 9.17) is 26.2 Å². The van der Waals surface area contributed by atoms with E-state index >= 15 is 0 Å². The highest BCUT2D eigenvalue weighted by atomic mass is 35.5. The molecule has 244 valence electrons. The van der Waals surface area contributed by atoms with Crippen molar-refractivity contribution in [3.8, 4) is 28.3 Å². The molecule has 9 heteroatoms. The van der Waals surface area contributed by atoms with Crippen LogP contribution in [0.15, 0.2) is 91.0 Å². The van der Waals surface area contributed by atoms with Gasteiger partial charge in [0.25, 0.3) is 5.91 Å². The van der Waals surface area contributed by atoms with Crippen molar-refractivity contribution >= 4 is 29.8 Å². The normalized spacial score (nSPS) is 12.4. The number of esters is 1. The lowest BCUT2D eigenvalue weighted by Crippen LogP contribution is -2.36. The number of aromatic nitrogens is 2. The number of hydrogen-bond donors (Lipinski definition) is 0. The van der Waals surface area contributed by atoms with Gasteiger partial charge in [-0.25, -0.2) is 9.48 Å². The van der Waals surface area contributed by atoms with Crippen LogP contribution in [0.3, 0.4) is 0 Å². The molecule has 0 fully saturated rings. The molecule has 0 atom stereocenters. The van der Waals surface area contributed by atoms with Gasteiger partial charge < -0.3 is 14.4 Å². The summed E-state index contributed by atoms with van der Waals surface area (Å²) < 4.78 is 13.2. The Morgan fingerprint density at radius 3 is 2.44 bits per heavy atom. The van der Waals surface area contributed by atoms with E-state index in [-0.39, 0.29) is 18.2 Å². The predicted molar refractivity (Wildman–Crippen MR) is 185 cm³/mol. The lowest BCUT2D eigenvalue weighted by Gasteiger charge is -2.29. The molecule has 0 saturated heterocycles. The average Bonchev–Trinajstić information content (AvgIpc) is 3.49. The molecule has 1 aliphatic heterocycles. The second-order valence-electron chi connectivity index (χ2n) is 11.6. The van der Waals surface area contributed by atoms with Crippen molar-refractivity contribution in [2.75, 3.05) is 13.2 Å². The Morgan fingerprint density at radius 2 is 1.71 bits per heavy atom. The first-order chi connectivity index (χ1) is 23.4. The Balaban J connectivity index is 1.46. The highest BCUT2D eigenvalue weighted by Crippen LogP contribution is 2.36. The molecule has 1 amide bonds. The molecule has 0 unspecified atom stereocenters. The van der Waals surface area contributed by atoms with Crippen LogP contribution in [0, 0.1) is 0 Å². The van der Waals surface area contributed by atoms with Gasteiger partial charge in [0.2, 0.25) is 0 Å². The van der Waals surface area contributed by atoms with E-state index in [2.05, 4.69) is 13.0 Å². The zero-order chi connectivity index (χ0) is 33.6. The SMILES string of the molecule is CCCCc1c(-c2ccc(C=O)cc2C(=O)N2CCc3ccccc3C2)c(C(=O)OCC)nn1-c1ccc(Oc2cccc(Cl)c2)cc1. The third kappa shape index (κ3) is 6.89. The molecule has 48 heavy (non-hydrogen) atoms. The topological polar surface area (TPSA) is 90.7 Å². The van der Waals surface area contributed by atoms with E-state index < -0.39 is 5.97 Å². The second kappa shape index (κ2) is 14.7. The van der Waals surface area contributed by atoms with Crippen molar-refractivity contribution < 1.29 is 23.9 Å². The number of amides is 1. The van der Waals surface area contributed by atoms with Crippen LogP contribution in [0.25, 0.3) is 16.8 Å². The van der Waals surface area contributed by atoms with Crippen molar-refractivity contribution in [1.29, 1.82) is 0 Å². The maximum atomic E-state index is 14.3. The fourth-order valence-electron chi connectivity index (χ4n) is 6.06. The zero-order valence-electron chi connectivity index (χ0n) is 26.9. The molecule has 8 nitrogen and oxygen atoms in total. The summed E-state index contributed by atoms with van der Waals surface area (Å²) in [5, 5.41) is 5.40. The number of aldehydes is 1. The number of rotatable bonds is 11. The highest BCUT2D eigenvalue weighted by Gasteiger charge is 2.31. The van der Waals surface area contributed by atoms with Crippen LogP contribution in [0.2, 0.25) is 5.02 Å². The minimum absolute atomic E-state index is 0.110. The predicted octanol–water partition coefficient (Wildman–Crippen LogP) is 8.52. The van der Waals surface area contributed by atoms with Crippen molar-refractivity contribution in [2.45, 2.75) is 46.1 Å². The molecule has 4 aromatic carbocycles. The molecular weight excluding hydrogens is 626 g/mol. The molecule has 5 aromatic rings. The van der Waals surface area contributed by atoms with Gasteiger partial charge in [0.05, 0.1) is 18.0 Å². The average molecular weight is 662 g/mol. The largest absolute Gasteiger partial charge is 0.461 e. The molecule has 6 rings (SSSR count). The van der Waals surface area contributed by atoms with E-state index in [0.717, 1.165) is 36.8 Å². The minimum atomic E-state index is -0.588. The van der Waals surface area contributed by atoms with Gasteiger partial charge in [-0.05, 0) is 91.4 Å². The Hall–Kier alpha value is -5.21. The molecule has 0 bridgehead atoms. The van der Waals surface area contributed by atoms with Crippen LogP contribution in [0.4, 0.5) is 0 Å². The monoisotopic (exact) mass is 661 g/mol. The van der Waals surface area contributed by atoms with Gasteiger partial charge in [-0.1, -0.05) is 67.4 Å². The molecular formula is C39H36ClN3O5. The van der Waals surface area contributed by atoms with Crippen LogP contribution in [-0.2, 0) is 24.1 Å². The Labute approximate surface area is 284 Å². The molecule has 1 aromatic heterocycles. The maximum Gasteiger partial charge on any atom is 0.359 e. The number of carbonyl (C=O) groups is 3. The van der Waals surface area contributed by atoms with Gasteiger partial charge in [0.1, 0.15) is 17.8 Å². The summed E-state index contributed by atoms with van der Waals surface area (Å²) in [6, 6.07) is 27.7. The number of benzene rings is 4. The van der Waals surface area contributed by atoms with E-state index in [1.54, 1.807) is 46.8 Å². The van der Waals surface area contributed by atoms with E-state index in [1.165, 1.54) is 5.56 Å². The number of hydrogen-bond acceptors (Lipinski definition) is 6. The standard InChI is InChI=1S/C39H36ClN3O5/c1-3-5-13-35-36(33-19-14-26(25-44)22-34(33)38(45)42-21-20-27-9-6-7-10-28(27)24-42)37(39(46)47-4-2)41-43(35)30-15-17-31(18-16-30)48-32-12-8-11-29(40)23-32/h6-12,14-19,22-23,25H,3-5,13,20-21,24H2,1-2H3. The number of ether oxygens (including phenoxy) is 2. The van der Waals surface area contributed by atoms with E-state index in [0.29, 0.717) is 64.0 Å². The van der Waals surface area contributed by atoms with Crippen LogP contribution >= 0.6 is 11.6 Å². The van der Waals surface area contributed by atoms with Crippen molar-refractivity contribution in [1.82, 2.24) is 14.7 Å². The van der Waals surface area contributed by atoms with Crippen molar-refractivity contribution in [2.24, 2.45) is 0 Å². The third-order valence-electron chi connectivity index (χ3n) is 8.43. The van der Waals surface area contributed by atoms with Crippen LogP contribution in [-0.4, -0.2) is 46.0 Å². The molecule has 0 N–H and O–H groups in total. The lowest BCUT2D eigenvalue weighted by molar-refractivity contribution is 0.0519. The summed E-state index contributed by atoms with van der Waals surface area (Å²) in [7, 11) is 0. The van der Waals surface area contributed by atoms with Crippen LogP contribution in [0.1, 0.15) is 74.7 Å². The fourth-order valence-corrected chi connectivity index (χ4v) is 6.24. The lowest BCUT2D eigenvalue weighted by atomic mass is 9.92. The molecule has 0 radical (unpaired) electrons. The molecule has 2 heterocycles. The molecule has 0 spiro atoms. The first kappa shape index (κ1) is 32.7. The van der Waals surface area contributed by atoms with Gasteiger partial charge in [0, 0.05) is 34.8 Å². The zero-order valence-corrected chi connectivity index (χ0v) is 27.7. The maximum absolute atomic E-state index is 14.3. The van der Waals surface area contributed by atoms with Crippen LogP contribution in [0.5, 0.6) is 11.5 Å². The van der Waals surface area contributed by atoms with Gasteiger partial charge in [0.15, 0.2) is 5.69 Å². The second-order valence-corrected chi connectivity index (χ2v) is 12.1. The first-order valence-electron chi connectivity index (χ1n) is 16.2. The summed E-state index contributed by atoms with van der Waals surface area (Å²) in [6.07, 6.45) is 3.76. The number of fused-ring (bicyclic) bond motifs is 1. The molecule has 1 aliphatic rings. The van der Waals surface area contributed by atoms with Crippen molar-refractivity contribution in [3.63, 3.8) is 0 Å². The summed E-state index contributed by atoms with van der Waals surface area (Å²) in [6.45, 7) is 4.99. The van der Waals surface area contributed by atoms with E-state index in [9.17, 15) is 14.4 Å². The summed E-state index contributed by atoms with van der Waals surface area (Å²) in [4.78, 5) is 41.6. The Kier molecular flexibility index (Phi) is 10.0. The smallest absolute Gasteiger partial charge is 0.359 e. The minimum Gasteiger partial charge on any atom is -0.461 e. The summed E-state index contributed by atoms with van der Waals surface area (Å²) in [5.41, 5.74) is 5.67. The van der Waals surface area contributed by atoms with E-state index in [1.807, 2.05) is 54.6 Å². The Morgan fingerprint density at radius 1 is 0.917 bits per heavy atom. The molecule has 0 saturated carbocycles. The fraction of sp³-hybridized carbons (Fsp3) is 0.231. The van der Waals surface area contributed by atoms with Gasteiger partial charge in [-0.15, -0.1) is 0 Å². The number of halogens is 1. The van der Waals surface area contributed by atoms with Gasteiger partial charge >= 0.3 is 5.97 Å². The van der Waals surface area contributed by atoms with Gasteiger partial charge in [-0.2, -0.15) is 5.10 Å². The van der Waals surface area contributed by atoms with Gasteiger partial charge in [-0.3, -0.25) is 9.59 Å². The number of carbonyl (C=O) groups excluding carboxylic acids is 3. The first-order valence-corrected chi connectivity index (χ1v) is 16.6. The third-order valence-corrected chi connectivity index (χ3v) is 8.66. The summed E-state index contributed by atoms with van der Waals surface area (Å²) in [5.74, 6) is 0.414. The van der Waals surface area contributed by atoms with Crippen LogP contribution < -0.4 is 4.74 Å². The Bertz CT molecular complexity index is 1970. The quantitative estimate of drug-likeness (QED) is 0.104. The number of nitrogens with zero attached hydrogens (tertiary/aromatic N) is 3. The summed E-state index contributed by atoms with van der Waals surface area (Å²) >= 11 is 6.13. The highest BCUT2D eigenvalue weighted by molar-refractivity contribution is 6.30. The van der Waals surface area contributed by atoms with Crippen molar-refractivity contribution in [3.05, 3.63) is 130 Å².